The quantitative estimate of drug-likeness (QED) is 0.0131. The maximum Gasteiger partial charge on any atom is 0.325 e. The maximum absolute atomic E-state index is 16.3. The molecule has 29 heteroatoms. The van der Waals surface area contributed by atoms with E-state index in [9.17, 15) is 29.1 Å². The molecule has 0 saturated heterocycles. The van der Waals surface area contributed by atoms with Crippen LogP contribution in [0.2, 0.25) is 0 Å². The van der Waals surface area contributed by atoms with E-state index >= 15 is 38.4 Å². The molecular formula is C96H124N12O16S. The van der Waals surface area contributed by atoms with Gasteiger partial charge in [0.25, 0.3) is 0 Å². The molecule has 0 aromatic heterocycles. The smallest absolute Gasteiger partial charge is 0.325 e. The molecule has 7 aromatic carbocycles. The van der Waals surface area contributed by atoms with Crippen molar-refractivity contribution < 1.29 is 76.4 Å². The Morgan fingerprint density at radius 2 is 0.784 bits per heavy atom. The summed E-state index contributed by atoms with van der Waals surface area (Å²) in [4.78, 5) is 197. The maximum atomic E-state index is 16.3. The van der Waals surface area contributed by atoms with Crippen LogP contribution in [-0.2, 0) is 102 Å². The number of carbonyl (C=O) groups excluding carboxylic acids is 12. The van der Waals surface area contributed by atoms with Crippen LogP contribution < -0.4 is 37.6 Å². The van der Waals surface area contributed by atoms with Gasteiger partial charge in [-0.3, -0.25) is 62.3 Å². The Hall–Kier alpha value is -12.1. The zero-order chi connectivity index (χ0) is 91.9. The highest BCUT2D eigenvalue weighted by Gasteiger charge is 2.47. The van der Waals surface area contributed by atoms with E-state index in [0.29, 0.717) is 33.4 Å². The van der Waals surface area contributed by atoms with Crippen molar-refractivity contribution in [1.29, 1.82) is 0 Å². The van der Waals surface area contributed by atoms with Crippen LogP contribution in [0.4, 0.5) is 0 Å². The number of carbonyl (C=O) groups is 13. The van der Waals surface area contributed by atoms with Crippen molar-refractivity contribution in [3.63, 3.8) is 0 Å². The Kier molecular flexibility index (Phi) is 38.6. The number of nitrogens with two attached hydrogens (primary N) is 1. The van der Waals surface area contributed by atoms with Crippen LogP contribution >= 0.6 is 12.0 Å². The van der Waals surface area contributed by atoms with E-state index in [4.69, 9.17) is 14.7 Å². The molecule has 670 valence electrons. The van der Waals surface area contributed by atoms with Crippen LogP contribution in [0.5, 0.6) is 0 Å². The summed E-state index contributed by atoms with van der Waals surface area (Å²) >= 11 is 0.791. The SMILES string of the molecule is CC(C)C[C@@H](C(=O)N(C)[C@H](C(=O)N[C@@H](Cc1ccccc1)C(=O)N[C@@H](CC(=O)OSCc1ccccc1)C(=O)N(C)[C@@H](Cc1ccccc1)C(=O)N[C@@H](C)C(=O)O)C(C)C)N(C)C(=O)CNC(=O)[C@H](Cc1ccccc1)N(C)C(=O)[C@@H](NC(=O)[C@H](CC(C)C)N(C)C(=O)[C@@H](NC(=O)[C@H](C)N)C(C)C)[C@@H](C)OC(c1ccccc1)(c1ccccc1)c1ccccc1. The Balaban J connectivity index is 1.20. The molecule has 7 rings (SSSR count). The van der Waals surface area contributed by atoms with Gasteiger partial charge in [0.2, 0.25) is 65.0 Å². The average Bonchev–Trinajstić information content (AvgIpc) is 0.748. The predicted molar refractivity (Wildman–Crippen MR) is 480 cm³/mol. The fourth-order valence-corrected chi connectivity index (χ4v) is 15.4. The molecular weight excluding hydrogens is 1610 g/mol. The topological polar surface area (TPSA) is 375 Å². The Morgan fingerprint density at radius 1 is 0.392 bits per heavy atom. The lowest BCUT2D eigenvalue weighted by Gasteiger charge is -2.41. The molecule has 0 saturated carbocycles. The summed E-state index contributed by atoms with van der Waals surface area (Å²) in [5, 5.41) is 26.3. The van der Waals surface area contributed by atoms with E-state index in [1.807, 2.05) is 149 Å². The zero-order valence-electron chi connectivity index (χ0n) is 74.4. The fraction of sp³-hybridized carbons (Fsp3) is 0.427. The number of carboxylic acids is 1. The minimum absolute atomic E-state index is 0.0418. The molecule has 0 fully saturated rings. The van der Waals surface area contributed by atoms with E-state index in [1.54, 1.807) is 126 Å². The number of hydrogen-bond acceptors (Lipinski definition) is 17. The number of benzene rings is 7. The van der Waals surface area contributed by atoms with Crippen molar-refractivity contribution in [3.05, 3.63) is 251 Å². The molecule has 9 N–H and O–H groups in total. The van der Waals surface area contributed by atoms with Gasteiger partial charge in [-0.15, -0.1) is 0 Å². The number of carboxylic acid groups (broad SMARTS) is 1. The van der Waals surface area contributed by atoms with Crippen molar-refractivity contribution >= 4 is 89.0 Å². The standard InChI is InChI=1S/C96H124N12O16S/c1-60(2)52-76(106(14)93(119)82(62(5)6)102-85(111)64(9)97)89(115)103-83(66(11)123-96(71-46-32-21-33-47-71,72-48-34-22-35-49-72)73-50-36-23-37-51-73)94(120)107(15)77(55-68-40-26-18-27-41-68)87(113)98-58-80(109)104(12)79(53-61(3)4)92(118)108(16)84(63(7)8)90(116)100-74(54-67-38-24-17-25-39-67)86(112)101-75(57-81(110)124-125-59-70-44-30-20-31-45-70)91(117)105(13)78(56-69-42-28-19-29-43-69)88(114)99-65(10)95(121)122/h17-51,60-66,74-79,82-84H,52-59,97H2,1-16H3,(H,98,113)(H,99,114)(H,100,116)(H,101,112)(H,102,111)(H,103,115)(H,121,122)/t64-,65-,66+,74-,75-,76-,77-,78-,79-,82-,83-,84-/m0/s1. The van der Waals surface area contributed by atoms with Gasteiger partial charge in [0.1, 0.15) is 66.0 Å². The summed E-state index contributed by atoms with van der Waals surface area (Å²) < 4.78 is 13.1. The average molecular weight is 1730 g/mol. The third-order valence-corrected chi connectivity index (χ3v) is 22.7. The summed E-state index contributed by atoms with van der Waals surface area (Å²) in [6, 6.07) is 48.1. The number of hydrogen-bond donors (Lipinski definition) is 8. The van der Waals surface area contributed by atoms with Gasteiger partial charge in [-0.1, -0.05) is 268 Å². The molecule has 0 radical (unpaired) electrons. The Morgan fingerprint density at radius 3 is 1.22 bits per heavy atom. The van der Waals surface area contributed by atoms with Gasteiger partial charge in [-0.25, -0.2) is 0 Å². The highest BCUT2D eigenvalue weighted by molar-refractivity contribution is 7.94. The highest BCUT2D eigenvalue weighted by atomic mass is 32.2. The van der Waals surface area contributed by atoms with Crippen molar-refractivity contribution in [2.24, 2.45) is 29.4 Å². The number of likely N-dealkylation sites (N-methyl/N-ethyl adjacent to an activating group) is 5. The number of rotatable bonds is 46. The molecule has 0 aliphatic heterocycles. The number of nitrogens with one attached hydrogen (secondary N) is 6. The van der Waals surface area contributed by atoms with Crippen LogP contribution in [0, 0.1) is 23.7 Å². The van der Waals surface area contributed by atoms with Crippen molar-refractivity contribution in [2.45, 2.75) is 199 Å². The third-order valence-electron chi connectivity index (χ3n) is 21.9. The van der Waals surface area contributed by atoms with Gasteiger partial charge >= 0.3 is 11.9 Å². The van der Waals surface area contributed by atoms with Crippen molar-refractivity contribution in [1.82, 2.24) is 56.4 Å². The van der Waals surface area contributed by atoms with Gasteiger partial charge in [-0.05, 0) is 96.2 Å². The Bertz CT molecular complexity index is 4620. The van der Waals surface area contributed by atoms with Gasteiger partial charge in [0, 0.05) is 54.5 Å². The molecule has 0 bridgehead atoms. The lowest BCUT2D eigenvalue weighted by atomic mass is 9.79. The zero-order valence-corrected chi connectivity index (χ0v) is 75.2. The largest absolute Gasteiger partial charge is 0.480 e. The van der Waals surface area contributed by atoms with E-state index < -0.39 is 180 Å². The summed E-state index contributed by atoms with van der Waals surface area (Å²) in [7, 11) is 6.92. The van der Waals surface area contributed by atoms with Gasteiger partial charge in [0.15, 0.2) is 0 Å². The highest BCUT2D eigenvalue weighted by Crippen LogP contribution is 2.42. The van der Waals surface area contributed by atoms with Gasteiger partial charge in [0.05, 0.1) is 42.9 Å². The van der Waals surface area contributed by atoms with Crippen LogP contribution in [0.1, 0.15) is 134 Å². The van der Waals surface area contributed by atoms with Gasteiger partial charge < -0.3 is 76.2 Å². The van der Waals surface area contributed by atoms with Crippen LogP contribution in [0.25, 0.3) is 0 Å². The molecule has 0 aliphatic rings. The fourth-order valence-electron chi connectivity index (χ4n) is 14.9. The van der Waals surface area contributed by atoms with Crippen molar-refractivity contribution in [3.8, 4) is 0 Å². The minimum Gasteiger partial charge on any atom is -0.480 e. The molecule has 12 atom stereocenters. The summed E-state index contributed by atoms with van der Waals surface area (Å²) in [6.45, 7) is 17.9. The second-order valence-electron chi connectivity index (χ2n) is 33.3. The van der Waals surface area contributed by atoms with Crippen molar-refractivity contribution in [2.75, 3.05) is 41.8 Å². The molecule has 11 amide bonds. The Labute approximate surface area is 738 Å². The molecule has 0 aliphatic carbocycles. The first-order valence-electron chi connectivity index (χ1n) is 42.3. The van der Waals surface area contributed by atoms with E-state index in [1.165, 1.54) is 68.7 Å². The lowest BCUT2D eigenvalue weighted by Crippen LogP contribution is -2.63. The first kappa shape index (κ1) is 100. The van der Waals surface area contributed by atoms with E-state index in [2.05, 4.69) is 31.9 Å². The first-order valence-corrected chi connectivity index (χ1v) is 43.2. The predicted octanol–water partition coefficient (Wildman–Crippen LogP) is 8.42. The summed E-state index contributed by atoms with van der Waals surface area (Å²) in [6.07, 6.45) is -2.39. The second-order valence-corrected chi connectivity index (χ2v) is 34.0. The molecule has 125 heavy (non-hydrogen) atoms. The second kappa shape index (κ2) is 48.3. The summed E-state index contributed by atoms with van der Waals surface area (Å²) in [5.41, 5.74) is 9.02. The molecule has 0 spiro atoms. The summed E-state index contributed by atoms with van der Waals surface area (Å²) in [5.74, 6) is -12.3. The minimum atomic E-state index is -1.77. The van der Waals surface area contributed by atoms with Gasteiger partial charge in [-0.2, -0.15) is 0 Å². The van der Waals surface area contributed by atoms with Crippen LogP contribution in [-0.4, -0.2) is 221 Å². The molecule has 0 unspecified atom stereocenters. The molecule has 0 heterocycles. The number of nitrogens with zero attached hydrogens (tertiary/aromatic N) is 5. The van der Waals surface area contributed by atoms with Crippen LogP contribution in [0.15, 0.2) is 212 Å². The number of amides is 11. The molecule has 7 aromatic rings. The number of aliphatic carboxylic acids is 1. The first-order chi connectivity index (χ1) is 59.4. The monoisotopic (exact) mass is 1730 g/mol. The normalized spacial score (nSPS) is 14.3. The number of ether oxygens (including phenoxy) is 1. The van der Waals surface area contributed by atoms with E-state index in [0.717, 1.165) is 22.5 Å². The third kappa shape index (κ3) is 28.5. The van der Waals surface area contributed by atoms with Crippen LogP contribution in [0.3, 0.4) is 0 Å². The van der Waals surface area contributed by atoms with E-state index in [-0.39, 0.29) is 49.7 Å². The molecule has 28 nitrogen and oxygen atoms in total. The lowest BCUT2D eigenvalue weighted by molar-refractivity contribution is -0.151.